The van der Waals surface area contributed by atoms with Crippen LogP contribution in [0.15, 0.2) is 28.8 Å². The Morgan fingerprint density at radius 1 is 1.36 bits per heavy atom. The standard InChI is InChI=1S/C21H26N4O3/c1-5-15-6-7-19(28-15)18-12-27-9-8-24(18)21(26)16-10-14(4)23-20-17(16)11-22-25(20)13(2)3/h6-7,10-11,13,18H,5,8-9,12H2,1-4H3. The van der Waals surface area contributed by atoms with Crippen molar-refractivity contribution in [1.29, 1.82) is 0 Å². The highest BCUT2D eigenvalue weighted by Gasteiger charge is 2.33. The number of aryl methyl sites for hydroxylation is 2. The number of morpholine rings is 1. The summed E-state index contributed by atoms with van der Waals surface area (Å²) in [6, 6.07) is 5.70. The molecule has 0 aromatic carbocycles. The van der Waals surface area contributed by atoms with Crippen molar-refractivity contribution in [3.05, 3.63) is 47.2 Å². The van der Waals surface area contributed by atoms with Crippen molar-refractivity contribution in [2.75, 3.05) is 19.8 Å². The number of amides is 1. The molecule has 1 aliphatic rings. The molecule has 0 spiro atoms. The summed E-state index contributed by atoms with van der Waals surface area (Å²) in [5.74, 6) is 1.64. The van der Waals surface area contributed by atoms with E-state index in [-0.39, 0.29) is 18.0 Å². The number of rotatable bonds is 4. The Balaban J connectivity index is 1.75. The summed E-state index contributed by atoms with van der Waals surface area (Å²) in [5.41, 5.74) is 2.17. The highest BCUT2D eigenvalue weighted by atomic mass is 16.5. The highest BCUT2D eigenvalue weighted by Crippen LogP contribution is 2.30. The zero-order valence-electron chi connectivity index (χ0n) is 16.8. The lowest BCUT2D eigenvalue weighted by molar-refractivity contribution is -0.00891. The maximum absolute atomic E-state index is 13.6. The van der Waals surface area contributed by atoms with Crippen LogP contribution in [0, 0.1) is 6.92 Å². The van der Waals surface area contributed by atoms with Crippen LogP contribution in [0.2, 0.25) is 0 Å². The van der Waals surface area contributed by atoms with Gasteiger partial charge in [0.1, 0.15) is 17.6 Å². The van der Waals surface area contributed by atoms with Crippen molar-refractivity contribution in [3.8, 4) is 0 Å². The second-order valence-electron chi connectivity index (χ2n) is 7.48. The number of hydrogen-bond acceptors (Lipinski definition) is 5. The average Bonchev–Trinajstić information content (AvgIpc) is 3.33. The van der Waals surface area contributed by atoms with Gasteiger partial charge in [0.2, 0.25) is 0 Å². The minimum atomic E-state index is -0.231. The third-order valence-corrected chi connectivity index (χ3v) is 5.16. The van der Waals surface area contributed by atoms with Crippen LogP contribution in [-0.2, 0) is 11.2 Å². The molecule has 28 heavy (non-hydrogen) atoms. The van der Waals surface area contributed by atoms with Gasteiger partial charge in [-0.3, -0.25) is 4.79 Å². The van der Waals surface area contributed by atoms with Crippen molar-refractivity contribution in [3.63, 3.8) is 0 Å². The molecule has 148 valence electrons. The van der Waals surface area contributed by atoms with Gasteiger partial charge < -0.3 is 14.1 Å². The lowest BCUT2D eigenvalue weighted by Crippen LogP contribution is -2.43. The topological polar surface area (TPSA) is 73.4 Å². The van der Waals surface area contributed by atoms with E-state index >= 15 is 0 Å². The number of hydrogen-bond donors (Lipinski definition) is 0. The van der Waals surface area contributed by atoms with Crippen molar-refractivity contribution in [2.24, 2.45) is 0 Å². The van der Waals surface area contributed by atoms with Crippen molar-refractivity contribution < 1.29 is 13.9 Å². The van der Waals surface area contributed by atoms with Crippen molar-refractivity contribution in [2.45, 2.75) is 46.2 Å². The molecule has 3 aromatic rings. The number of fused-ring (bicyclic) bond motifs is 1. The molecule has 1 unspecified atom stereocenters. The Labute approximate surface area is 164 Å². The number of carbonyl (C=O) groups excluding carboxylic acids is 1. The van der Waals surface area contributed by atoms with E-state index < -0.39 is 0 Å². The van der Waals surface area contributed by atoms with Crippen LogP contribution in [0.5, 0.6) is 0 Å². The van der Waals surface area contributed by atoms with Gasteiger partial charge in [-0.15, -0.1) is 0 Å². The number of aromatic nitrogens is 3. The van der Waals surface area contributed by atoms with E-state index in [2.05, 4.69) is 23.9 Å². The first-order valence-corrected chi connectivity index (χ1v) is 9.81. The van der Waals surface area contributed by atoms with E-state index in [1.54, 1.807) is 6.20 Å². The molecule has 0 N–H and O–H groups in total. The molecule has 3 aromatic heterocycles. The second kappa shape index (κ2) is 7.39. The van der Waals surface area contributed by atoms with Crippen LogP contribution < -0.4 is 0 Å². The van der Waals surface area contributed by atoms with Gasteiger partial charge in [0.25, 0.3) is 5.91 Å². The largest absolute Gasteiger partial charge is 0.464 e. The van der Waals surface area contributed by atoms with E-state index in [1.165, 1.54) is 0 Å². The van der Waals surface area contributed by atoms with Crippen LogP contribution in [0.4, 0.5) is 0 Å². The summed E-state index contributed by atoms with van der Waals surface area (Å²) in [5, 5.41) is 5.24. The van der Waals surface area contributed by atoms with Crippen LogP contribution in [0.3, 0.4) is 0 Å². The van der Waals surface area contributed by atoms with E-state index in [1.807, 2.05) is 41.6 Å². The Hall–Kier alpha value is -2.67. The van der Waals surface area contributed by atoms with Crippen molar-refractivity contribution >= 4 is 16.9 Å². The Morgan fingerprint density at radius 3 is 2.89 bits per heavy atom. The van der Waals surface area contributed by atoms with E-state index in [0.29, 0.717) is 25.3 Å². The quantitative estimate of drug-likeness (QED) is 0.688. The van der Waals surface area contributed by atoms with Gasteiger partial charge in [0.15, 0.2) is 5.65 Å². The molecule has 7 heteroatoms. The van der Waals surface area contributed by atoms with Crippen LogP contribution >= 0.6 is 0 Å². The third-order valence-electron chi connectivity index (χ3n) is 5.16. The summed E-state index contributed by atoms with van der Waals surface area (Å²) in [4.78, 5) is 20.0. The second-order valence-corrected chi connectivity index (χ2v) is 7.48. The molecule has 1 amide bonds. The van der Waals surface area contributed by atoms with E-state index in [0.717, 1.165) is 34.7 Å². The molecule has 1 saturated heterocycles. The normalized spacial score (nSPS) is 17.6. The number of pyridine rings is 1. The first-order chi connectivity index (χ1) is 13.5. The zero-order chi connectivity index (χ0) is 19.8. The minimum absolute atomic E-state index is 0.0402. The van der Waals surface area contributed by atoms with Gasteiger partial charge in [-0.05, 0) is 39.0 Å². The first kappa shape index (κ1) is 18.7. The summed E-state index contributed by atoms with van der Waals surface area (Å²) in [7, 11) is 0. The average molecular weight is 382 g/mol. The molecule has 4 heterocycles. The summed E-state index contributed by atoms with van der Waals surface area (Å²) in [6.07, 6.45) is 2.56. The molecule has 0 aliphatic carbocycles. The number of ether oxygens (including phenoxy) is 1. The zero-order valence-corrected chi connectivity index (χ0v) is 16.8. The predicted molar refractivity (Wildman–Crippen MR) is 105 cm³/mol. The number of furan rings is 1. The van der Waals surface area contributed by atoms with Gasteiger partial charge >= 0.3 is 0 Å². The number of carbonyl (C=O) groups is 1. The van der Waals surface area contributed by atoms with Gasteiger partial charge in [-0.1, -0.05) is 6.92 Å². The van der Waals surface area contributed by atoms with Gasteiger partial charge in [0, 0.05) is 24.7 Å². The summed E-state index contributed by atoms with van der Waals surface area (Å²) < 4.78 is 13.4. The molecule has 1 atom stereocenters. The van der Waals surface area contributed by atoms with Crippen LogP contribution in [0.1, 0.15) is 60.4 Å². The molecule has 4 rings (SSSR count). The fourth-order valence-corrected chi connectivity index (χ4v) is 3.70. The molecular formula is C21H26N4O3. The van der Waals surface area contributed by atoms with Crippen molar-refractivity contribution in [1.82, 2.24) is 19.7 Å². The molecular weight excluding hydrogens is 356 g/mol. The maximum Gasteiger partial charge on any atom is 0.255 e. The Morgan fingerprint density at radius 2 is 2.18 bits per heavy atom. The fourth-order valence-electron chi connectivity index (χ4n) is 3.70. The first-order valence-electron chi connectivity index (χ1n) is 9.81. The Kier molecular flexibility index (Phi) is 4.93. The molecule has 7 nitrogen and oxygen atoms in total. The van der Waals surface area contributed by atoms with E-state index in [9.17, 15) is 4.79 Å². The molecule has 0 radical (unpaired) electrons. The van der Waals surface area contributed by atoms with Crippen LogP contribution in [0.25, 0.3) is 11.0 Å². The van der Waals surface area contributed by atoms with Crippen LogP contribution in [-0.4, -0.2) is 45.3 Å². The molecule has 1 fully saturated rings. The van der Waals surface area contributed by atoms with Gasteiger partial charge in [0.05, 0.1) is 30.4 Å². The molecule has 1 aliphatic heterocycles. The highest BCUT2D eigenvalue weighted by molar-refractivity contribution is 6.05. The monoisotopic (exact) mass is 382 g/mol. The molecule has 0 bridgehead atoms. The van der Waals surface area contributed by atoms with Gasteiger partial charge in [-0.2, -0.15) is 5.10 Å². The Bertz CT molecular complexity index is 1000. The number of nitrogens with zero attached hydrogens (tertiary/aromatic N) is 4. The lowest BCUT2D eigenvalue weighted by Gasteiger charge is -2.34. The predicted octanol–water partition coefficient (Wildman–Crippen LogP) is 3.69. The SMILES string of the molecule is CCc1ccc(C2COCCN2C(=O)c2cc(C)nc3c2cnn3C(C)C)o1. The summed E-state index contributed by atoms with van der Waals surface area (Å²) in [6.45, 7) is 9.53. The van der Waals surface area contributed by atoms with Gasteiger partial charge in [-0.25, -0.2) is 9.67 Å². The molecule has 0 saturated carbocycles. The smallest absolute Gasteiger partial charge is 0.255 e. The third kappa shape index (κ3) is 3.20. The maximum atomic E-state index is 13.6. The summed E-state index contributed by atoms with van der Waals surface area (Å²) >= 11 is 0. The fraction of sp³-hybridized carbons (Fsp3) is 0.476. The lowest BCUT2D eigenvalue weighted by atomic mass is 10.1. The minimum Gasteiger partial charge on any atom is -0.464 e. The van der Waals surface area contributed by atoms with E-state index in [4.69, 9.17) is 9.15 Å².